The van der Waals surface area contributed by atoms with Crippen LogP contribution < -0.4 is 0 Å². The van der Waals surface area contributed by atoms with E-state index in [9.17, 15) is 0 Å². The van der Waals surface area contributed by atoms with Gasteiger partial charge in [-0.15, -0.1) is 0 Å². The van der Waals surface area contributed by atoms with Crippen LogP contribution >= 0.6 is 0 Å². The molecule has 0 spiro atoms. The minimum absolute atomic E-state index is 0.257. The van der Waals surface area contributed by atoms with Crippen LogP contribution in [0.15, 0.2) is 18.2 Å². The molecule has 0 heteroatoms. The van der Waals surface area contributed by atoms with Crippen molar-refractivity contribution in [3.63, 3.8) is 0 Å². The van der Waals surface area contributed by atoms with E-state index in [1.54, 1.807) is 11.1 Å². The number of benzene rings is 1. The summed E-state index contributed by atoms with van der Waals surface area (Å²) in [5.41, 5.74) is 5.34. The fraction of sp³-hybridized carbons (Fsp3) is 0.647. The smallest absolute Gasteiger partial charge is 0.00386 e. The maximum absolute atomic E-state index is 2.46. The summed E-state index contributed by atoms with van der Waals surface area (Å²) in [5.74, 6) is 0. The van der Waals surface area contributed by atoms with Crippen LogP contribution in [0.25, 0.3) is 0 Å². The first kappa shape index (κ1) is 12.7. The molecule has 0 N–H and O–H groups in total. The molecule has 0 heterocycles. The molecule has 1 aromatic carbocycles. The Labute approximate surface area is 106 Å². The SMILES string of the molecule is CCC1(C)C(C)(C)c2ccc(C)cc2C1(C)C. The fourth-order valence-corrected chi connectivity index (χ4v) is 3.98. The van der Waals surface area contributed by atoms with Gasteiger partial charge in [0.15, 0.2) is 0 Å². The Morgan fingerprint density at radius 2 is 1.41 bits per heavy atom. The minimum atomic E-state index is 0.257. The molecule has 1 unspecified atom stereocenters. The molecule has 0 bridgehead atoms. The molecule has 0 saturated carbocycles. The molecule has 1 atom stereocenters. The molecule has 0 fully saturated rings. The van der Waals surface area contributed by atoms with Gasteiger partial charge in [0.2, 0.25) is 0 Å². The van der Waals surface area contributed by atoms with E-state index in [0.29, 0.717) is 5.41 Å². The largest absolute Gasteiger partial charge is 0.0648 e. The fourth-order valence-electron chi connectivity index (χ4n) is 3.98. The Kier molecular flexibility index (Phi) is 2.51. The lowest BCUT2D eigenvalue weighted by Gasteiger charge is -2.47. The van der Waals surface area contributed by atoms with Crippen molar-refractivity contribution in [3.05, 3.63) is 34.9 Å². The van der Waals surface area contributed by atoms with Crippen LogP contribution in [0.5, 0.6) is 0 Å². The summed E-state index contributed by atoms with van der Waals surface area (Å²) in [6.07, 6.45) is 1.22. The molecule has 94 valence electrons. The quantitative estimate of drug-likeness (QED) is 0.638. The number of fused-ring (bicyclic) bond motifs is 1. The van der Waals surface area contributed by atoms with Gasteiger partial charge in [-0.1, -0.05) is 65.3 Å². The Morgan fingerprint density at radius 3 is 1.94 bits per heavy atom. The summed E-state index contributed by atoms with van der Waals surface area (Å²) >= 11 is 0. The van der Waals surface area contributed by atoms with Gasteiger partial charge in [0.05, 0.1) is 0 Å². The lowest BCUT2D eigenvalue weighted by atomic mass is 9.57. The Bertz CT molecular complexity index is 451. The summed E-state index contributed by atoms with van der Waals surface area (Å²) < 4.78 is 0. The monoisotopic (exact) mass is 230 g/mol. The second-order valence-corrected chi connectivity index (χ2v) is 6.98. The minimum Gasteiger partial charge on any atom is -0.0648 e. The second-order valence-electron chi connectivity index (χ2n) is 6.98. The highest BCUT2D eigenvalue weighted by Crippen LogP contribution is 2.63. The highest BCUT2D eigenvalue weighted by molar-refractivity contribution is 5.50. The first-order valence-corrected chi connectivity index (χ1v) is 6.80. The van der Waals surface area contributed by atoms with E-state index >= 15 is 0 Å². The standard InChI is InChI=1S/C17H26/c1-8-17(7)15(3,4)13-10-9-12(2)11-14(13)16(17,5)6/h9-11H,8H2,1-7H3. The number of hydrogen-bond acceptors (Lipinski definition) is 0. The molecular weight excluding hydrogens is 204 g/mol. The average Bonchev–Trinajstić information content (AvgIpc) is 2.36. The molecule has 1 aliphatic carbocycles. The molecule has 0 aromatic heterocycles. The molecule has 1 aliphatic rings. The molecular formula is C17H26. The van der Waals surface area contributed by atoms with E-state index in [1.165, 1.54) is 12.0 Å². The highest BCUT2D eigenvalue weighted by Gasteiger charge is 2.58. The first-order valence-electron chi connectivity index (χ1n) is 6.80. The molecule has 17 heavy (non-hydrogen) atoms. The predicted octanol–water partition coefficient (Wildman–Crippen LogP) is 4.98. The van der Waals surface area contributed by atoms with Gasteiger partial charge < -0.3 is 0 Å². The van der Waals surface area contributed by atoms with Crippen molar-refractivity contribution in [2.45, 2.75) is 65.7 Å². The maximum Gasteiger partial charge on any atom is -0.00386 e. The van der Waals surface area contributed by atoms with Crippen molar-refractivity contribution in [1.82, 2.24) is 0 Å². The highest BCUT2D eigenvalue weighted by atomic mass is 14.6. The maximum atomic E-state index is 2.46. The number of rotatable bonds is 1. The third-order valence-electron chi connectivity index (χ3n) is 5.99. The van der Waals surface area contributed by atoms with Gasteiger partial charge in [-0.2, -0.15) is 0 Å². The van der Waals surface area contributed by atoms with Crippen LogP contribution in [0.1, 0.15) is 64.7 Å². The molecule has 0 radical (unpaired) electrons. The van der Waals surface area contributed by atoms with E-state index in [0.717, 1.165) is 0 Å². The van der Waals surface area contributed by atoms with Crippen molar-refractivity contribution >= 4 is 0 Å². The molecule has 0 aliphatic heterocycles. The molecule has 1 aromatic rings. The van der Waals surface area contributed by atoms with Gasteiger partial charge in [0, 0.05) is 0 Å². The zero-order valence-corrected chi connectivity index (χ0v) is 12.4. The van der Waals surface area contributed by atoms with Gasteiger partial charge in [0.25, 0.3) is 0 Å². The van der Waals surface area contributed by atoms with Crippen LogP contribution in [-0.4, -0.2) is 0 Å². The van der Waals surface area contributed by atoms with Gasteiger partial charge in [0.1, 0.15) is 0 Å². The zero-order valence-electron chi connectivity index (χ0n) is 12.4. The third kappa shape index (κ3) is 1.30. The van der Waals surface area contributed by atoms with Crippen LogP contribution in [-0.2, 0) is 10.8 Å². The van der Waals surface area contributed by atoms with Gasteiger partial charge >= 0.3 is 0 Å². The van der Waals surface area contributed by atoms with Crippen LogP contribution in [0.4, 0.5) is 0 Å². The first-order chi connectivity index (χ1) is 7.68. The summed E-state index contributed by atoms with van der Waals surface area (Å²) in [6, 6.07) is 7.02. The van der Waals surface area contributed by atoms with E-state index in [-0.39, 0.29) is 10.8 Å². The summed E-state index contributed by atoms with van der Waals surface area (Å²) in [6.45, 7) is 16.7. The van der Waals surface area contributed by atoms with Crippen molar-refractivity contribution < 1.29 is 0 Å². The van der Waals surface area contributed by atoms with E-state index < -0.39 is 0 Å². The number of aryl methyl sites for hydroxylation is 1. The van der Waals surface area contributed by atoms with E-state index in [4.69, 9.17) is 0 Å². The topological polar surface area (TPSA) is 0 Å². The van der Waals surface area contributed by atoms with Crippen LogP contribution in [0.2, 0.25) is 0 Å². The summed E-state index contributed by atoms with van der Waals surface area (Å²) in [7, 11) is 0. The van der Waals surface area contributed by atoms with Gasteiger partial charge in [-0.25, -0.2) is 0 Å². The van der Waals surface area contributed by atoms with Crippen LogP contribution in [0.3, 0.4) is 0 Å². The number of hydrogen-bond donors (Lipinski definition) is 0. The van der Waals surface area contributed by atoms with E-state index in [1.807, 2.05) is 0 Å². The summed E-state index contributed by atoms with van der Waals surface area (Å²) in [4.78, 5) is 0. The lowest BCUT2D eigenvalue weighted by molar-refractivity contribution is 0.0943. The van der Waals surface area contributed by atoms with Crippen LogP contribution in [0, 0.1) is 12.3 Å². The van der Waals surface area contributed by atoms with Crippen molar-refractivity contribution in [2.24, 2.45) is 5.41 Å². The Morgan fingerprint density at radius 1 is 0.882 bits per heavy atom. The molecule has 0 saturated heterocycles. The Balaban J connectivity index is 2.77. The van der Waals surface area contributed by atoms with Crippen molar-refractivity contribution in [1.29, 1.82) is 0 Å². The zero-order chi connectivity index (χ0) is 13.1. The van der Waals surface area contributed by atoms with Crippen molar-refractivity contribution in [3.8, 4) is 0 Å². The van der Waals surface area contributed by atoms with Gasteiger partial charge in [-0.05, 0) is 40.7 Å². The molecule has 0 nitrogen and oxygen atoms in total. The van der Waals surface area contributed by atoms with Crippen molar-refractivity contribution in [2.75, 3.05) is 0 Å². The predicted molar refractivity (Wildman–Crippen MR) is 75.6 cm³/mol. The Hall–Kier alpha value is -0.780. The normalized spacial score (nSPS) is 29.1. The summed E-state index contributed by atoms with van der Waals surface area (Å²) in [5, 5.41) is 0. The average molecular weight is 230 g/mol. The van der Waals surface area contributed by atoms with Gasteiger partial charge in [-0.3, -0.25) is 0 Å². The second kappa shape index (κ2) is 3.37. The lowest BCUT2D eigenvalue weighted by Crippen LogP contribution is -2.44. The molecule has 2 rings (SSSR count). The van der Waals surface area contributed by atoms with E-state index in [2.05, 4.69) is 66.7 Å². The molecule has 0 amide bonds. The third-order valence-corrected chi connectivity index (χ3v) is 5.99.